The molecule has 49 heavy (non-hydrogen) atoms. The number of hydrogen-bond acceptors (Lipinski definition) is 9. The summed E-state index contributed by atoms with van der Waals surface area (Å²) in [6, 6.07) is 20.5. The first-order valence-corrected chi connectivity index (χ1v) is 18.0. The molecule has 0 unspecified atom stereocenters. The van der Waals surface area contributed by atoms with Crippen molar-refractivity contribution in [2.24, 2.45) is 0 Å². The van der Waals surface area contributed by atoms with Crippen LogP contribution in [-0.2, 0) is 10.0 Å². The van der Waals surface area contributed by atoms with E-state index in [1.807, 2.05) is 59.6 Å². The van der Waals surface area contributed by atoms with E-state index in [-0.39, 0.29) is 10.1 Å². The van der Waals surface area contributed by atoms with Crippen LogP contribution in [0.3, 0.4) is 0 Å². The first-order chi connectivity index (χ1) is 23.9. The van der Waals surface area contributed by atoms with Gasteiger partial charge in [0, 0.05) is 97.2 Å². The zero-order valence-electron chi connectivity index (χ0n) is 26.4. The predicted molar refractivity (Wildman–Crippen MR) is 192 cm³/mol. The molecule has 1 aliphatic rings. The Morgan fingerprint density at radius 1 is 0.857 bits per heavy atom. The normalized spacial score (nSPS) is 13.7. The highest BCUT2D eigenvalue weighted by Gasteiger charge is 2.25. The summed E-state index contributed by atoms with van der Waals surface area (Å²) in [5, 5.41) is 3.46. The van der Waals surface area contributed by atoms with Crippen LogP contribution < -0.4 is 9.21 Å². The lowest BCUT2D eigenvalue weighted by Gasteiger charge is -2.35. The highest BCUT2D eigenvalue weighted by molar-refractivity contribution is 7.94. The van der Waals surface area contributed by atoms with Gasteiger partial charge in [0.25, 0.3) is 15.9 Å². The summed E-state index contributed by atoms with van der Waals surface area (Å²) in [6.07, 6.45) is 10.4. The molecular formula is C36H30N8O3S2. The SMILES string of the molecule is CN(c1ccc2[nH]c3ncc(-c4ccc(C(=O)N5CCN(c6cnccn6)CC5)cc4)c(-c4ccncc4)c3c2c1)S(=O)(=O)c1cccs1. The molecule has 1 saturated heterocycles. The van der Waals surface area contributed by atoms with Crippen LogP contribution in [0.4, 0.5) is 11.5 Å². The molecule has 6 heterocycles. The van der Waals surface area contributed by atoms with Crippen molar-refractivity contribution in [3.05, 3.63) is 115 Å². The lowest BCUT2D eigenvalue weighted by atomic mass is 9.92. The number of hydrogen-bond donors (Lipinski definition) is 1. The number of rotatable bonds is 7. The van der Waals surface area contributed by atoms with Crippen LogP contribution in [0.5, 0.6) is 0 Å². The fraction of sp³-hybridized carbons (Fsp3) is 0.139. The van der Waals surface area contributed by atoms with Gasteiger partial charge in [0.15, 0.2) is 0 Å². The minimum atomic E-state index is -3.72. The third-order valence-corrected chi connectivity index (χ3v) is 12.1. The summed E-state index contributed by atoms with van der Waals surface area (Å²) >= 11 is 1.19. The average molecular weight is 687 g/mol. The van der Waals surface area contributed by atoms with Crippen molar-refractivity contribution in [2.45, 2.75) is 4.21 Å². The zero-order chi connectivity index (χ0) is 33.5. The quantitative estimate of drug-likeness (QED) is 0.214. The second kappa shape index (κ2) is 12.4. The third kappa shape index (κ3) is 5.56. The van der Waals surface area contributed by atoms with Crippen molar-refractivity contribution >= 4 is 60.7 Å². The fourth-order valence-electron chi connectivity index (χ4n) is 6.33. The van der Waals surface area contributed by atoms with E-state index in [1.54, 1.807) is 61.6 Å². The van der Waals surface area contributed by atoms with E-state index < -0.39 is 10.0 Å². The number of carbonyl (C=O) groups is 1. The second-order valence-electron chi connectivity index (χ2n) is 11.7. The Bertz CT molecular complexity index is 2390. The van der Waals surface area contributed by atoms with Crippen LogP contribution >= 0.6 is 11.3 Å². The number of aromatic amines is 1. The maximum Gasteiger partial charge on any atom is 0.273 e. The molecule has 0 saturated carbocycles. The first kappa shape index (κ1) is 30.7. The van der Waals surface area contributed by atoms with E-state index in [2.05, 4.69) is 24.8 Å². The number of amides is 1. The monoisotopic (exact) mass is 686 g/mol. The third-order valence-electron chi connectivity index (χ3n) is 8.93. The zero-order valence-corrected chi connectivity index (χ0v) is 28.0. The minimum absolute atomic E-state index is 0.0148. The summed E-state index contributed by atoms with van der Waals surface area (Å²) in [4.78, 5) is 38.5. The molecule has 1 aliphatic heterocycles. The van der Waals surface area contributed by atoms with Crippen LogP contribution in [-0.4, -0.2) is 77.4 Å². The number of anilines is 2. The van der Waals surface area contributed by atoms with Crippen molar-refractivity contribution in [2.75, 3.05) is 42.4 Å². The molecular weight excluding hydrogens is 657 g/mol. The standard InChI is InChI=1S/C36H30N8O3S2/c1-42(49(46,47)32-3-2-20-48-32)27-8-9-30-28(21-27)34-33(25-10-12-37-13-11-25)29(22-40-35(34)41-30)24-4-6-26(7-5-24)36(45)44-18-16-43(17-19-44)31-23-38-14-15-39-31/h2-15,20-23H,16-19H2,1H3,(H,40,41). The number of benzene rings is 2. The molecule has 1 fully saturated rings. The van der Waals surface area contributed by atoms with Gasteiger partial charge in [0.2, 0.25) is 0 Å². The van der Waals surface area contributed by atoms with Gasteiger partial charge in [-0.1, -0.05) is 18.2 Å². The number of pyridine rings is 2. The van der Waals surface area contributed by atoms with Gasteiger partial charge >= 0.3 is 0 Å². The number of nitrogens with one attached hydrogen (secondary N) is 1. The minimum Gasteiger partial charge on any atom is -0.352 e. The van der Waals surface area contributed by atoms with E-state index in [0.29, 0.717) is 43.1 Å². The molecule has 5 aromatic heterocycles. The Hall–Kier alpha value is -5.66. The topological polar surface area (TPSA) is 128 Å². The molecule has 2 aromatic carbocycles. The molecule has 11 nitrogen and oxygen atoms in total. The van der Waals surface area contributed by atoms with E-state index in [0.717, 1.165) is 44.4 Å². The molecule has 244 valence electrons. The number of aromatic nitrogens is 5. The summed E-state index contributed by atoms with van der Waals surface area (Å²) in [5.74, 6) is 0.801. The average Bonchev–Trinajstić information content (AvgIpc) is 3.84. The van der Waals surface area contributed by atoms with Gasteiger partial charge in [0.05, 0.1) is 11.9 Å². The van der Waals surface area contributed by atoms with Crippen molar-refractivity contribution in [3.8, 4) is 22.3 Å². The highest BCUT2D eigenvalue weighted by Crippen LogP contribution is 2.41. The van der Waals surface area contributed by atoms with Gasteiger partial charge < -0.3 is 14.8 Å². The van der Waals surface area contributed by atoms with Crippen LogP contribution in [0, 0.1) is 0 Å². The fourth-order valence-corrected chi connectivity index (χ4v) is 8.68. The molecule has 1 N–H and O–H groups in total. The number of piperazine rings is 1. The molecule has 0 atom stereocenters. The summed E-state index contributed by atoms with van der Waals surface area (Å²) < 4.78 is 28.4. The van der Waals surface area contributed by atoms with E-state index in [4.69, 9.17) is 4.98 Å². The maximum absolute atomic E-state index is 13.5. The molecule has 1 amide bonds. The van der Waals surface area contributed by atoms with Gasteiger partial charge in [0.1, 0.15) is 15.7 Å². The van der Waals surface area contributed by atoms with E-state index in [9.17, 15) is 13.2 Å². The van der Waals surface area contributed by atoms with Crippen LogP contribution in [0.25, 0.3) is 44.2 Å². The Kier molecular flexibility index (Phi) is 7.77. The Morgan fingerprint density at radius 2 is 1.65 bits per heavy atom. The molecule has 8 rings (SSSR count). The number of H-pyrrole nitrogens is 1. The van der Waals surface area contributed by atoms with E-state index >= 15 is 0 Å². The van der Waals surface area contributed by atoms with Gasteiger partial charge in [-0.05, 0) is 65.0 Å². The van der Waals surface area contributed by atoms with Gasteiger partial charge in [-0.2, -0.15) is 0 Å². The Balaban J connectivity index is 1.15. The van der Waals surface area contributed by atoms with Crippen molar-refractivity contribution < 1.29 is 13.2 Å². The van der Waals surface area contributed by atoms with Gasteiger partial charge in [-0.15, -0.1) is 11.3 Å². The Labute approximate surface area is 286 Å². The summed E-state index contributed by atoms with van der Waals surface area (Å²) in [6.45, 7) is 2.56. The van der Waals surface area contributed by atoms with Crippen molar-refractivity contribution in [3.63, 3.8) is 0 Å². The van der Waals surface area contributed by atoms with Gasteiger partial charge in [-0.25, -0.2) is 18.4 Å². The number of sulfonamides is 1. The van der Waals surface area contributed by atoms with Crippen molar-refractivity contribution in [1.29, 1.82) is 0 Å². The number of fused-ring (bicyclic) bond motifs is 3. The molecule has 0 radical (unpaired) electrons. The maximum atomic E-state index is 13.5. The summed E-state index contributed by atoms with van der Waals surface area (Å²) in [5.41, 5.74) is 6.30. The number of thiophene rings is 1. The molecule has 0 aliphatic carbocycles. The summed E-state index contributed by atoms with van der Waals surface area (Å²) in [7, 11) is -2.15. The van der Waals surface area contributed by atoms with Crippen molar-refractivity contribution in [1.82, 2.24) is 29.8 Å². The number of nitrogens with zero attached hydrogens (tertiary/aromatic N) is 7. The van der Waals surface area contributed by atoms with Crippen LogP contribution in [0.1, 0.15) is 10.4 Å². The molecule has 13 heteroatoms. The predicted octanol–water partition coefficient (Wildman–Crippen LogP) is 6.08. The van der Waals surface area contributed by atoms with Crippen LogP contribution in [0.15, 0.2) is 114 Å². The largest absolute Gasteiger partial charge is 0.352 e. The smallest absolute Gasteiger partial charge is 0.273 e. The lowest BCUT2D eigenvalue weighted by molar-refractivity contribution is 0.0746. The lowest BCUT2D eigenvalue weighted by Crippen LogP contribution is -2.49. The second-order valence-corrected chi connectivity index (χ2v) is 14.8. The van der Waals surface area contributed by atoms with Gasteiger partial charge in [-0.3, -0.25) is 19.1 Å². The van der Waals surface area contributed by atoms with Crippen LogP contribution in [0.2, 0.25) is 0 Å². The molecule has 0 bridgehead atoms. The van der Waals surface area contributed by atoms with E-state index in [1.165, 1.54) is 15.6 Å². The molecule has 0 spiro atoms. The first-order valence-electron chi connectivity index (χ1n) is 15.7. The number of carbonyl (C=O) groups excluding carboxylic acids is 1. The highest BCUT2D eigenvalue weighted by atomic mass is 32.2. The molecule has 7 aromatic rings. The Morgan fingerprint density at radius 3 is 2.37 bits per heavy atom.